The predicted molar refractivity (Wildman–Crippen MR) is 63.9 cm³/mol. The lowest BCUT2D eigenvalue weighted by atomic mass is 10.1. The van der Waals surface area contributed by atoms with Crippen LogP contribution in [-0.4, -0.2) is 40.9 Å². The average Bonchev–Trinajstić information content (AvgIpc) is 2.49. The van der Waals surface area contributed by atoms with E-state index in [4.69, 9.17) is 12.2 Å². The molecule has 1 heterocycles. The van der Waals surface area contributed by atoms with Crippen LogP contribution >= 0.6 is 11.8 Å². The van der Waals surface area contributed by atoms with Crippen LogP contribution in [0.25, 0.3) is 0 Å². The second-order valence-electron chi connectivity index (χ2n) is 3.37. The van der Waals surface area contributed by atoms with Crippen molar-refractivity contribution in [3.8, 4) is 12.3 Å². The zero-order valence-electron chi connectivity index (χ0n) is 8.93. The van der Waals surface area contributed by atoms with E-state index in [1.165, 1.54) is 0 Å². The number of nitrogens with two attached hydrogens (primary N) is 1. The molecule has 5 heteroatoms. The van der Waals surface area contributed by atoms with Gasteiger partial charge in [-0.3, -0.25) is 4.90 Å². The van der Waals surface area contributed by atoms with Crippen LogP contribution in [0.15, 0.2) is 4.99 Å². The van der Waals surface area contributed by atoms with E-state index in [2.05, 4.69) is 10.9 Å². The van der Waals surface area contributed by atoms with Crippen LogP contribution in [-0.2, 0) is 0 Å². The molecule has 0 aromatic rings. The molecule has 4 nitrogen and oxygen atoms in total. The molecule has 0 aliphatic carbocycles. The molecule has 2 N–H and O–H groups in total. The lowest BCUT2D eigenvalue weighted by molar-refractivity contribution is 0.197. The molecular weight excluding hydrogens is 210 g/mol. The number of thioether (sulfide) groups is 1. The van der Waals surface area contributed by atoms with E-state index < -0.39 is 0 Å². The summed E-state index contributed by atoms with van der Waals surface area (Å²) in [7, 11) is 0. The Morgan fingerprint density at radius 2 is 2.47 bits per heavy atom. The Kier molecular flexibility index (Phi) is 4.04. The summed E-state index contributed by atoms with van der Waals surface area (Å²) in [6.45, 7) is 1.80. The molecule has 0 aromatic heterocycles. The number of carbonyl (C=O) groups is 1. The summed E-state index contributed by atoms with van der Waals surface area (Å²) in [6.07, 6.45) is 8.12. The number of hydrogen-bond donors (Lipinski definition) is 1. The molecule has 2 unspecified atom stereocenters. The fourth-order valence-corrected chi connectivity index (χ4v) is 2.01. The SMILES string of the molecule is C#CC(C)N1C(=O)N=C(N)C1CCSC. The van der Waals surface area contributed by atoms with Crippen LogP contribution < -0.4 is 5.73 Å². The Bertz CT molecular complexity index is 321. The van der Waals surface area contributed by atoms with Crippen molar-refractivity contribution in [1.82, 2.24) is 4.90 Å². The number of rotatable bonds is 4. The van der Waals surface area contributed by atoms with Gasteiger partial charge < -0.3 is 5.73 Å². The van der Waals surface area contributed by atoms with Gasteiger partial charge in [0, 0.05) is 0 Å². The zero-order chi connectivity index (χ0) is 11.4. The van der Waals surface area contributed by atoms with Gasteiger partial charge >= 0.3 is 6.03 Å². The minimum absolute atomic E-state index is 0.129. The van der Waals surface area contributed by atoms with E-state index in [0.717, 1.165) is 12.2 Å². The highest BCUT2D eigenvalue weighted by Crippen LogP contribution is 2.18. The molecule has 1 aliphatic rings. The van der Waals surface area contributed by atoms with Crippen molar-refractivity contribution in [3.63, 3.8) is 0 Å². The number of aliphatic imine (C=N–C) groups is 1. The van der Waals surface area contributed by atoms with Gasteiger partial charge in [0.2, 0.25) is 0 Å². The highest BCUT2D eigenvalue weighted by Gasteiger charge is 2.35. The minimum atomic E-state index is -0.316. The zero-order valence-corrected chi connectivity index (χ0v) is 9.75. The number of amides is 2. The standard InChI is InChI=1S/C10H15N3OS/c1-4-7(2)13-8(5-6-15-3)9(11)12-10(13)14/h1,7-8H,5-6H2,2-3H3,(H2,11,12,14). The molecular formula is C10H15N3OS. The van der Waals surface area contributed by atoms with Gasteiger partial charge in [-0.05, 0) is 25.4 Å². The van der Waals surface area contributed by atoms with Gasteiger partial charge in [0.25, 0.3) is 0 Å². The average molecular weight is 225 g/mol. The number of amidine groups is 1. The summed E-state index contributed by atoms with van der Waals surface area (Å²) >= 11 is 1.71. The van der Waals surface area contributed by atoms with Crippen molar-refractivity contribution >= 4 is 23.6 Å². The van der Waals surface area contributed by atoms with Crippen LogP contribution in [0.1, 0.15) is 13.3 Å². The Balaban J connectivity index is 2.77. The third-order valence-corrected chi connectivity index (χ3v) is 3.02. The van der Waals surface area contributed by atoms with Crippen LogP contribution in [0, 0.1) is 12.3 Å². The topological polar surface area (TPSA) is 58.7 Å². The lowest BCUT2D eigenvalue weighted by Gasteiger charge is -2.26. The maximum absolute atomic E-state index is 11.5. The molecule has 0 saturated heterocycles. The monoisotopic (exact) mass is 225 g/mol. The molecule has 2 atom stereocenters. The largest absolute Gasteiger partial charge is 0.385 e. The number of nitrogens with zero attached hydrogens (tertiary/aromatic N) is 2. The van der Waals surface area contributed by atoms with Crippen molar-refractivity contribution in [1.29, 1.82) is 0 Å². The second kappa shape index (κ2) is 5.08. The fourth-order valence-electron chi connectivity index (χ4n) is 1.55. The number of terminal acetylenes is 1. The van der Waals surface area contributed by atoms with E-state index in [0.29, 0.717) is 5.84 Å². The van der Waals surface area contributed by atoms with Crippen LogP contribution in [0.3, 0.4) is 0 Å². The van der Waals surface area contributed by atoms with Crippen LogP contribution in [0.4, 0.5) is 4.79 Å². The second-order valence-corrected chi connectivity index (χ2v) is 4.35. The van der Waals surface area contributed by atoms with Gasteiger partial charge in [-0.15, -0.1) is 6.42 Å². The Morgan fingerprint density at radius 1 is 1.80 bits per heavy atom. The van der Waals surface area contributed by atoms with Gasteiger partial charge in [-0.1, -0.05) is 5.92 Å². The summed E-state index contributed by atoms with van der Waals surface area (Å²) in [6, 6.07) is -0.700. The first-order valence-corrected chi connectivity index (χ1v) is 6.12. The first-order chi connectivity index (χ1) is 7.11. The summed E-state index contributed by atoms with van der Waals surface area (Å²) in [4.78, 5) is 16.8. The van der Waals surface area contributed by atoms with E-state index >= 15 is 0 Å². The van der Waals surface area contributed by atoms with Crippen molar-refractivity contribution in [3.05, 3.63) is 0 Å². The maximum Gasteiger partial charge on any atom is 0.346 e. The molecule has 0 radical (unpaired) electrons. The third kappa shape index (κ3) is 2.45. The third-order valence-electron chi connectivity index (χ3n) is 2.38. The normalized spacial score (nSPS) is 22.5. The van der Waals surface area contributed by atoms with E-state index in [-0.39, 0.29) is 18.1 Å². The molecule has 0 fully saturated rings. The number of urea groups is 1. The Morgan fingerprint density at radius 3 is 3.00 bits per heavy atom. The maximum atomic E-state index is 11.5. The predicted octanol–water partition coefficient (Wildman–Crippen LogP) is 0.923. The quantitative estimate of drug-likeness (QED) is 0.724. The van der Waals surface area contributed by atoms with Gasteiger partial charge in [0.15, 0.2) is 0 Å². The van der Waals surface area contributed by atoms with E-state index in [1.807, 2.05) is 6.26 Å². The summed E-state index contributed by atoms with van der Waals surface area (Å²) in [5, 5.41) is 0. The summed E-state index contributed by atoms with van der Waals surface area (Å²) in [5.74, 6) is 3.85. The van der Waals surface area contributed by atoms with Crippen molar-refractivity contribution < 1.29 is 4.79 Å². The fraction of sp³-hybridized carbons (Fsp3) is 0.600. The first-order valence-electron chi connectivity index (χ1n) is 4.73. The van der Waals surface area contributed by atoms with Crippen LogP contribution in [0.5, 0.6) is 0 Å². The highest BCUT2D eigenvalue weighted by molar-refractivity contribution is 7.98. The van der Waals surface area contributed by atoms with Crippen molar-refractivity contribution in [2.45, 2.75) is 25.4 Å². The molecule has 0 spiro atoms. The molecule has 2 amide bonds. The summed E-state index contributed by atoms with van der Waals surface area (Å²) < 4.78 is 0. The Labute approximate surface area is 94.3 Å². The number of carbonyl (C=O) groups excluding carboxylic acids is 1. The van der Waals surface area contributed by atoms with Crippen molar-refractivity contribution in [2.75, 3.05) is 12.0 Å². The Hall–Kier alpha value is -1.15. The highest BCUT2D eigenvalue weighted by atomic mass is 32.2. The van der Waals surface area contributed by atoms with Crippen LogP contribution in [0.2, 0.25) is 0 Å². The van der Waals surface area contributed by atoms with Gasteiger partial charge in [-0.25, -0.2) is 4.79 Å². The molecule has 15 heavy (non-hydrogen) atoms. The van der Waals surface area contributed by atoms with Gasteiger partial charge in [0.05, 0.1) is 12.1 Å². The molecule has 82 valence electrons. The molecule has 1 aliphatic heterocycles. The minimum Gasteiger partial charge on any atom is -0.385 e. The van der Waals surface area contributed by atoms with Gasteiger partial charge in [-0.2, -0.15) is 16.8 Å². The molecule has 0 bridgehead atoms. The molecule has 1 rings (SSSR count). The molecule has 0 saturated carbocycles. The van der Waals surface area contributed by atoms with E-state index in [9.17, 15) is 4.79 Å². The number of hydrogen-bond acceptors (Lipinski definition) is 3. The smallest absolute Gasteiger partial charge is 0.346 e. The van der Waals surface area contributed by atoms with Gasteiger partial charge in [0.1, 0.15) is 5.84 Å². The molecule has 0 aromatic carbocycles. The lowest BCUT2D eigenvalue weighted by Crippen LogP contribution is -2.45. The summed E-state index contributed by atoms with van der Waals surface area (Å²) in [5.41, 5.74) is 5.70. The van der Waals surface area contributed by atoms with E-state index in [1.54, 1.807) is 23.6 Å². The van der Waals surface area contributed by atoms with Crippen molar-refractivity contribution in [2.24, 2.45) is 10.7 Å². The first kappa shape index (κ1) is 11.9.